The standard InChI is InChI=1S/C29H57N5O4/c1-4-5-6-7-8-9-10-11-12-13-14-15-16-17-18-19-23-38-28(37)26(21-20-22-32-29(30)31)34-27(36)24(2)33-25(3)35/h24,26H,4-23H2,1-3H3,(H,33,35)(H,34,36)(H4,30,31,32)/t24-,26-/m0/s1. The van der Waals surface area contributed by atoms with Crippen LogP contribution in [0.3, 0.4) is 0 Å². The van der Waals surface area contributed by atoms with E-state index in [1.807, 2.05) is 0 Å². The highest BCUT2D eigenvalue weighted by Gasteiger charge is 2.24. The van der Waals surface area contributed by atoms with Gasteiger partial charge in [0, 0.05) is 13.5 Å². The Labute approximate surface area is 231 Å². The van der Waals surface area contributed by atoms with E-state index in [0.717, 1.165) is 19.3 Å². The van der Waals surface area contributed by atoms with Crippen LogP contribution in [0.1, 0.15) is 136 Å². The topological polar surface area (TPSA) is 149 Å². The van der Waals surface area contributed by atoms with Gasteiger partial charge >= 0.3 is 5.97 Å². The minimum atomic E-state index is -0.811. The number of rotatable bonds is 25. The van der Waals surface area contributed by atoms with Crippen molar-refractivity contribution in [1.29, 1.82) is 0 Å². The van der Waals surface area contributed by atoms with E-state index in [1.165, 1.54) is 90.4 Å². The molecule has 0 heterocycles. The molecule has 0 bridgehead atoms. The Kier molecular flexibility index (Phi) is 23.5. The smallest absolute Gasteiger partial charge is 0.328 e. The highest BCUT2D eigenvalue weighted by molar-refractivity contribution is 5.90. The third kappa shape index (κ3) is 22.8. The van der Waals surface area contributed by atoms with Crippen molar-refractivity contribution in [3.05, 3.63) is 0 Å². The lowest BCUT2D eigenvalue weighted by Crippen LogP contribution is -2.50. The Hall–Kier alpha value is -2.32. The van der Waals surface area contributed by atoms with Gasteiger partial charge in [0.15, 0.2) is 5.96 Å². The number of amides is 2. The number of unbranched alkanes of at least 4 members (excludes halogenated alkanes) is 15. The van der Waals surface area contributed by atoms with Gasteiger partial charge in [-0.05, 0) is 26.2 Å². The van der Waals surface area contributed by atoms with Crippen LogP contribution in [0.15, 0.2) is 4.99 Å². The molecule has 222 valence electrons. The number of aliphatic imine (C=N–C) groups is 1. The van der Waals surface area contributed by atoms with Gasteiger partial charge in [0.05, 0.1) is 6.61 Å². The molecule has 9 heteroatoms. The summed E-state index contributed by atoms with van der Waals surface area (Å²) in [6.45, 7) is 5.85. The first-order valence-electron chi connectivity index (χ1n) is 15.1. The highest BCUT2D eigenvalue weighted by Crippen LogP contribution is 2.14. The van der Waals surface area contributed by atoms with Crippen LogP contribution in [0.2, 0.25) is 0 Å². The Morgan fingerprint density at radius 3 is 1.66 bits per heavy atom. The summed E-state index contributed by atoms with van der Waals surface area (Å²) in [5, 5.41) is 5.19. The first-order valence-corrected chi connectivity index (χ1v) is 15.1. The lowest BCUT2D eigenvalue weighted by Gasteiger charge is -2.20. The Bertz CT molecular complexity index is 653. The van der Waals surface area contributed by atoms with Crippen LogP contribution in [0.4, 0.5) is 0 Å². The van der Waals surface area contributed by atoms with Crippen LogP contribution in [-0.4, -0.2) is 49.0 Å². The van der Waals surface area contributed by atoms with Crippen molar-refractivity contribution in [3.63, 3.8) is 0 Å². The second-order valence-electron chi connectivity index (χ2n) is 10.4. The molecule has 0 aromatic rings. The summed E-state index contributed by atoms with van der Waals surface area (Å²) >= 11 is 0. The Morgan fingerprint density at radius 2 is 1.21 bits per heavy atom. The molecule has 0 rings (SSSR count). The third-order valence-electron chi connectivity index (χ3n) is 6.60. The number of nitrogens with one attached hydrogen (secondary N) is 2. The summed E-state index contributed by atoms with van der Waals surface area (Å²) in [5.41, 5.74) is 10.7. The van der Waals surface area contributed by atoms with E-state index >= 15 is 0 Å². The predicted molar refractivity (Wildman–Crippen MR) is 156 cm³/mol. The first kappa shape index (κ1) is 35.7. The molecule has 0 saturated carbocycles. The summed E-state index contributed by atoms with van der Waals surface area (Å²) in [6, 6.07) is -1.56. The summed E-state index contributed by atoms with van der Waals surface area (Å²) < 4.78 is 5.44. The molecule has 2 atom stereocenters. The summed E-state index contributed by atoms with van der Waals surface area (Å²) in [6.07, 6.45) is 21.4. The lowest BCUT2D eigenvalue weighted by atomic mass is 10.0. The van der Waals surface area contributed by atoms with Crippen LogP contribution in [-0.2, 0) is 19.1 Å². The van der Waals surface area contributed by atoms with E-state index in [1.54, 1.807) is 6.92 Å². The molecule has 0 fully saturated rings. The van der Waals surface area contributed by atoms with Gasteiger partial charge in [0.1, 0.15) is 12.1 Å². The van der Waals surface area contributed by atoms with Gasteiger partial charge in [-0.25, -0.2) is 4.79 Å². The zero-order chi connectivity index (χ0) is 28.4. The lowest BCUT2D eigenvalue weighted by molar-refractivity contribution is -0.148. The average Bonchev–Trinajstić information content (AvgIpc) is 2.86. The van der Waals surface area contributed by atoms with Crippen molar-refractivity contribution >= 4 is 23.7 Å². The largest absolute Gasteiger partial charge is 0.464 e. The molecule has 0 aliphatic rings. The zero-order valence-corrected chi connectivity index (χ0v) is 24.5. The number of esters is 1. The maximum atomic E-state index is 12.6. The van der Waals surface area contributed by atoms with E-state index in [4.69, 9.17) is 16.2 Å². The summed E-state index contributed by atoms with van der Waals surface area (Å²) in [5.74, 6) is -1.25. The number of ether oxygens (including phenoxy) is 1. The maximum absolute atomic E-state index is 12.6. The van der Waals surface area contributed by atoms with Crippen LogP contribution < -0.4 is 22.1 Å². The third-order valence-corrected chi connectivity index (χ3v) is 6.60. The normalized spacial score (nSPS) is 12.4. The Morgan fingerprint density at radius 1 is 0.737 bits per heavy atom. The molecule has 0 aromatic heterocycles. The predicted octanol–water partition coefficient (Wildman–Crippen LogP) is 4.85. The molecule has 38 heavy (non-hydrogen) atoms. The zero-order valence-electron chi connectivity index (χ0n) is 24.5. The quantitative estimate of drug-likeness (QED) is 0.0564. The van der Waals surface area contributed by atoms with Crippen molar-refractivity contribution in [2.75, 3.05) is 13.2 Å². The molecule has 0 saturated heterocycles. The number of carbonyl (C=O) groups is 3. The van der Waals surface area contributed by atoms with E-state index in [2.05, 4.69) is 22.5 Å². The van der Waals surface area contributed by atoms with Gasteiger partial charge in [0.25, 0.3) is 0 Å². The second kappa shape index (κ2) is 25.0. The van der Waals surface area contributed by atoms with Crippen molar-refractivity contribution in [1.82, 2.24) is 10.6 Å². The first-order chi connectivity index (χ1) is 18.3. The van der Waals surface area contributed by atoms with E-state index in [-0.39, 0.29) is 11.9 Å². The fraction of sp³-hybridized carbons (Fsp3) is 0.862. The SMILES string of the molecule is CCCCCCCCCCCCCCCCCCOC(=O)[C@H](CCCN=C(N)N)NC(=O)[C@H](C)NC(C)=O. The summed E-state index contributed by atoms with van der Waals surface area (Å²) in [4.78, 5) is 40.1. The number of nitrogens with zero attached hydrogens (tertiary/aromatic N) is 1. The van der Waals surface area contributed by atoms with Crippen LogP contribution >= 0.6 is 0 Å². The Balaban J connectivity index is 3.98. The van der Waals surface area contributed by atoms with Crippen LogP contribution in [0.5, 0.6) is 0 Å². The molecule has 0 radical (unpaired) electrons. The monoisotopic (exact) mass is 539 g/mol. The molecule has 0 aliphatic carbocycles. The van der Waals surface area contributed by atoms with E-state index < -0.39 is 24.0 Å². The van der Waals surface area contributed by atoms with Gasteiger partial charge in [-0.3, -0.25) is 14.6 Å². The molecule has 9 nitrogen and oxygen atoms in total. The van der Waals surface area contributed by atoms with E-state index in [0.29, 0.717) is 26.0 Å². The molecular formula is C29H57N5O4. The summed E-state index contributed by atoms with van der Waals surface area (Å²) in [7, 11) is 0. The van der Waals surface area contributed by atoms with Crippen LogP contribution in [0.25, 0.3) is 0 Å². The average molecular weight is 540 g/mol. The van der Waals surface area contributed by atoms with Gasteiger partial charge in [-0.2, -0.15) is 0 Å². The minimum Gasteiger partial charge on any atom is -0.464 e. The molecule has 0 unspecified atom stereocenters. The maximum Gasteiger partial charge on any atom is 0.328 e. The second-order valence-corrected chi connectivity index (χ2v) is 10.4. The highest BCUT2D eigenvalue weighted by atomic mass is 16.5. The molecule has 0 aliphatic heterocycles. The number of guanidine groups is 1. The van der Waals surface area contributed by atoms with Crippen molar-refractivity contribution < 1.29 is 19.1 Å². The van der Waals surface area contributed by atoms with Gasteiger partial charge in [-0.1, -0.05) is 103 Å². The number of hydrogen-bond acceptors (Lipinski definition) is 5. The van der Waals surface area contributed by atoms with Gasteiger partial charge < -0.3 is 26.8 Å². The van der Waals surface area contributed by atoms with E-state index in [9.17, 15) is 14.4 Å². The van der Waals surface area contributed by atoms with Crippen molar-refractivity contribution in [2.45, 2.75) is 148 Å². The van der Waals surface area contributed by atoms with Crippen molar-refractivity contribution in [2.24, 2.45) is 16.5 Å². The molecule has 2 amide bonds. The molecule has 6 N–H and O–H groups in total. The fourth-order valence-corrected chi connectivity index (χ4v) is 4.34. The molecule has 0 spiro atoms. The van der Waals surface area contributed by atoms with Gasteiger partial charge in [-0.15, -0.1) is 0 Å². The number of nitrogens with two attached hydrogens (primary N) is 2. The van der Waals surface area contributed by atoms with Gasteiger partial charge in [0.2, 0.25) is 11.8 Å². The fourth-order valence-electron chi connectivity index (χ4n) is 4.34. The minimum absolute atomic E-state index is 0.0176. The molecule has 0 aromatic carbocycles. The van der Waals surface area contributed by atoms with Crippen molar-refractivity contribution in [3.8, 4) is 0 Å². The molecular weight excluding hydrogens is 482 g/mol. The number of hydrogen-bond donors (Lipinski definition) is 4. The number of carbonyl (C=O) groups excluding carboxylic acids is 3. The van der Waals surface area contributed by atoms with Crippen LogP contribution in [0, 0.1) is 0 Å².